The van der Waals surface area contributed by atoms with Gasteiger partial charge in [0.25, 0.3) is 0 Å². The Labute approximate surface area is 78.2 Å². The van der Waals surface area contributed by atoms with E-state index in [1.165, 1.54) is 5.56 Å². The second-order valence-electron chi connectivity index (χ2n) is 2.77. The second-order valence-corrected chi connectivity index (χ2v) is 3.26. The lowest BCUT2D eigenvalue weighted by molar-refractivity contribution is 0.461. The van der Waals surface area contributed by atoms with Crippen molar-refractivity contribution in [1.29, 1.82) is 0 Å². The summed E-state index contributed by atoms with van der Waals surface area (Å²) in [5.41, 5.74) is 1.22. The highest BCUT2D eigenvalue weighted by atomic mass is 32.1. The first-order valence-electron chi connectivity index (χ1n) is 4.17. The molecule has 0 saturated carbocycles. The van der Waals surface area contributed by atoms with Crippen LogP contribution in [0.15, 0.2) is 29.2 Å². The van der Waals surface area contributed by atoms with Gasteiger partial charge in [-0.3, -0.25) is 4.39 Å². The molecule has 0 nitrogen and oxygen atoms in total. The Morgan fingerprint density at radius 3 is 2.58 bits per heavy atom. The largest absolute Gasteiger partial charge is 0.251 e. The van der Waals surface area contributed by atoms with Gasteiger partial charge >= 0.3 is 0 Å². The highest BCUT2D eigenvalue weighted by Crippen LogP contribution is 2.15. The van der Waals surface area contributed by atoms with E-state index in [1.807, 2.05) is 24.3 Å². The van der Waals surface area contributed by atoms with Crippen molar-refractivity contribution in [3.8, 4) is 0 Å². The number of benzene rings is 1. The molecular formula is C10H13FS. The summed E-state index contributed by atoms with van der Waals surface area (Å²) in [6.07, 6.45) is 2.50. The first-order valence-corrected chi connectivity index (χ1v) is 4.62. The van der Waals surface area contributed by atoms with Crippen molar-refractivity contribution in [2.75, 3.05) is 6.67 Å². The van der Waals surface area contributed by atoms with Gasteiger partial charge in [-0.25, -0.2) is 0 Å². The molecule has 1 aromatic carbocycles. The molecule has 0 bridgehead atoms. The van der Waals surface area contributed by atoms with Gasteiger partial charge in [-0.1, -0.05) is 18.2 Å². The summed E-state index contributed by atoms with van der Waals surface area (Å²) in [5, 5.41) is 0. The lowest BCUT2D eigenvalue weighted by Crippen LogP contribution is -1.87. The standard InChI is InChI=1S/C10H13FS/c11-8-4-3-6-9-5-1-2-7-10(9)12/h1-2,5,7,12H,3-4,6,8H2. The normalized spacial score (nSPS) is 10.2. The number of unbranched alkanes of at least 4 members (excludes halogenated alkanes) is 1. The molecule has 0 N–H and O–H groups in total. The van der Waals surface area contributed by atoms with Gasteiger partial charge in [-0.2, -0.15) is 0 Å². The fourth-order valence-electron chi connectivity index (χ4n) is 1.13. The zero-order valence-electron chi connectivity index (χ0n) is 6.96. The van der Waals surface area contributed by atoms with E-state index in [0.29, 0.717) is 6.42 Å². The molecule has 0 aliphatic carbocycles. The van der Waals surface area contributed by atoms with Gasteiger partial charge in [-0.15, -0.1) is 12.6 Å². The maximum Gasteiger partial charge on any atom is 0.0894 e. The monoisotopic (exact) mass is 184 g/mol. The number of alkyl halides is 1. The van der Waals surface area contributed by atoms with Crippen LogP contribution in [0.25, 0.3) is 0 Å². The third-order valence-corrected chi connectivity index (χ3v) is 2.26. The Bertz CT molecular complexity index is 235. The van der Waals surface area contributed by atoms with Crippen molar-refractivity contribution in [1.82, 2.24) is 0 Å². The molecule has 0 fully saturated rings. The third-order valence-electron chi connectivity index (χ3n) is 1.82. The van der Waals surface area contributed by atoms with Gasteiger partial charge in [0.15, 0.2) is 0 Å². The number of thiol groups is 1. The van der Waals surface area contributed by atoms with Gasteiger partial charge in [0, 0.05) is 4.90 Å². The molecule has 1 aromatic rings. The predicted molar refractivity (Wildman–Crippen MR) is 52.6 cm³/mol. The summed E-state index contributed by atoms with van der Waals surface area (Å²) in [4.78, 5) is 1.01. The maximum absolute atomic E-state index is 11.8. The Kier molecular flexibility index (Phi) is 4.15. The summed E-state index contributed by atoms with van der Waals surface area (Å²) >= 11 is 4.31. The number of hydrogen-bond acceptors (Lipinski definition) is 1. The summed E-state index contributed by atoms with van der Waals surface area (Å²) in [6, 6.07) is 7.96. The van der Waals surface area contributed by atoms with Gasteiger partial charge in [-0.05, 0) is 30.9 Å². The molecule has 0 amide bonds. The van der Waals surface area contributed by atoms with Crippen molar-refractivity contribution in [2.24, 2.45) is 0 Å². The van der Waals surface area contributed by atoms with Crippen LogP contribution in [0.1, 0.15) is 18.4 Å². The van der Waals surface area contributed by atoms with E-state index in [1.54, 1.807) is 0 Å². The van der Waals surface area contributed by atoms with E-state index in [9.17, 15) is 4.39 Å². The topological polar surface area (TPSA) is 0 Å². The van der Waals surface area contributed by atoms with Crippen molar-refractivity contribution < 1.29 is 4.39 Å². The number of aryl methyl sites for hydroxylation is 1. The van der Waals surface area contributed by atoms with Crippen LogP contribution in [0.2, 0.25) is 0 Å². The Balaban J connectivity index is 2.46. The smallest absolute Gasteiger partial charge is 0.0894 e. The highest BCUT2D eigenvalue weighted by Gasteiger charge is 1.96. The first-order chi connectivity index (χ1) is 5.84. The molecule has 0 unspecified atom stereocenters. The average Bonchev–Trinajstić information content (AvgIpc) is 2.09. The van der Waals surface area contributed by atoms with Crippen molar-refractivity contribution in [3.05, 3.63) is 29.8 Å². The van der Waals surface area contributed by atoms with Crippen LogP contribution >= 0.6 is 12.6 Å². The summed E-state index contributed by atoms with van der Waals surface area (Å²) in [6.45, 7) is -0.214. The van der Waals surface area contributed by atoms with Crippen LogP contribution < -0.4 is 0 Å². The molecule has 0 saturated heterocycles. The lowest BCUT2D eigenvalue weighted by atomic mass is 10.1. The molecule has 0 aliphatic heterocycles. The van der Waals surface area contributed by atoms with Crippen LogP contribution in [0, 0.1) is 0 Å². The van der Waals surface area contributed by atoms with Crippen molar-refractivity contribution in [3.63, 3.8) is 0 Å². The van der Waals surface area contributed by atoms with Crippen LogP contribution in [0.4, 0.5) is 4.39 Å². The van der Waals surface area contributed by atoms with E-state index < -0.39 is 0 Å². The number of halogens is 1. The molecular weight excluding hydrogens is 171 g/mol. The Morgan fingerprint density at radius 2 is 1.92 bits per heavy atom. The minimum absolute atomic E-state index is 0.214. The number of rotatable bonds is 4. The van der Waals surface area contributed by atoms with E-state index in [0.717, 1.165) is 17.7 Å². The van der Waals surface area contributed by atoms with Gasteiger partial charge in [0.05, 0.1) is 6.67 Å². The lowest BCUT2D eigenvalue weighted by Gasteiger charge is -2.02. The maximum atomic E-state index is 11.8. The van der Waals surface area contributed by atoms with Crippen LogP contribution in [-0.4, -0.2) is 6.67 Å². The molecule has 0 aliphatic rings. The van der Waals surface area contributed by atoms with E-state index in [2.05, 4.69) is 12.6 Å². The molecule has 0 spiro atoms. The minimum atomic E-state index is -0.214. The highest BCUT2D eigenvalue weighted by molar-refractivity contribution is 7.80. The summed E-state index contributed by atoms with van der Waals surface area (Å²) in [5.74, 6) is 0. The zero-order valence-corrected chi connectivity index (χ0v) is 7.86. The molecule has 0 radical (unpaired) electrons. The molecule has 0 atom stereocenters. The van der Waals surface area contributed by atoms with E-state index >= 15 is 0 Å². The van der Waals surface area contributed by atoms with Crippen molar-refractivity contribution in [2.45, 2.75) is 24.2 Å². The summed E-state index contributed by atoms with van der Waals surface area (Å²) in [7, 11) is 0. The second kappa shape index (κ2) is 5.20. The average molecular weight is 184 g/mol. The van der Waals surface area contributed by atoms with Crippen molar-refractivity contribution >= 4 is 12.6 Å². The molecule has 1 rings (SSSR count). The number of hydrogen-bond donors (Lipinski definition) is 1. The van der Waals surface area contributed by atoms with Crippen LogP contribution in [0.3, 0.4) is 0 Å². The Hall–Kier alpha value is -0.500. The molecule has 12 heavy (non-hydrogen) atoms. The fraction of sp³-hybridized carbons (Fsp3) is 0.400. The quantitative estimate of drug-likeness (QED) is 0.539. The molecule has 66 valence electrons. The van der Waals surface area contributed by atoms with Crippen LogP contribution in [-0.2, 0) is 6.42 Å². The van der Waals surface area contributed by atoms with Gasteiger partial charge in [0.2, 0.25) is 0 Å². The third kappa shape index (κ3) is 2.86. The zero-order chi connectivity index (χ0) is 8.81. The molecule has 0 heterocycles. The minimum Gasteiger partial charge on any atom is -0.251 e. The molecule has 0 aromatic heterocycles. The first kappa shape index (κ1) is 9.59. The predicted octanol–water partition coefficient (Wildman–Crippen LogP) is 3.27. The van der Waals surface area contributed by atoms with Crippen LogP contribution in [0.5, 0.6) is 0 Å². The Morgan fingerprint density at radius 1 is 1.17 bits per heavy atom. The summed E-state index contributed by atoms with van der Waals surface area (Å²) < 4.78 is 11.8. The molecule has 2 heteroatoms. The van der Waals surface area contributed by atoms with E-state index in [-0.39, 0.29) is 6.67 Å². The van der Waals surface area contributed by atoms with Gasteiger partial charge in [0.1, 0.15) is 0 Å². The SMILES string of the molecule is FCCCCc1ccccc1S. The fourth-order valence-corrected chi connectivity index (χ4v) is 1.40. The van der Waals surface area contributed by atoms with Gasteiger partial charge < -0.3 is 0 Å². The van der Waals surface area contributed by atoms with E-state index in [4.69, 9.17) is 0 Å².